The molecule has 3 heteroatoms. The largest absolute Gasteiger partial charge is 0.387 e. The minimum atomic E-state index is -0.384. The zero-order valence-corrected chi connectivity index (χ0v) is 12.6. The zero-order valence-electron chi connectivity index (χ0n) is 11.0. The molecule has 0 radical (unpaired) electrons. The zero-order chi connectivity index (χ0) is 13.2. The van der Waals surface area contributed by atoms with Crippen molar-refractivity contribution in [2.45, 2.75) is 18.9 Å². The molecule has 0 amide bonds. The molecule has 1 aromatic rings. The quantitative estimate of drug-likeness (QED) is 0.863. The summed E-state index contributed by atoms with van der Waals surface area (Å²) in [5, 5.41) is 10.4. The van der Waals surface area contributed by atoms with E-state index in [1.54, 1.807) is 0 Å². The molecule has 1 aromatic carbocycles. The molecule has 1 heterocycles. The second kappa shape index (κ2) is 5.78. The number of aliphatic hydroxyl groups excluding tert-OH is 1. The van der Waals surface area contributed by atoms with Gasteiger partial charge in [-0.05, 0) is 42.4 Å². The first-order valence-corrected chi connectivity index (χ1v) is 7.82. The van der Waals surface area contributed by atoms with Crippen molar-refractivity contribution in [3.05, 3.63) is 46.5 Å². The second-order valence-corrected chi connectivity index (χ2v) is 6.67. The summed E-state index contributed by atoms with van der Waals surface area (Å²) < 4.78 is 1.03. The molecule has 1 saturated heterocycles. The molecule has 0 aromatic heterocycles. The number of β-amino-alcohol motifs (C(OH)–C–C–N with tert-alkyl or cyclic N) is 1. The number of benzene rings is 1. The third-order valence-corrected chi connectivity index (χ3v) is 4.85. The van der Waals surface area contributed by atoms with Gasteiger partial charge >= 0.3 is 0 Å². The molecule has 1 fully saturated rings. The molecule has 1 aliphatic carbocycles. The van der Waals surface area contributed by atoms with Gasteiger partial charge in [-0.2, -0.15) is 0 Å². The highest BCUT2D eigenvalue weighted by atomic mass is 79.9. The van der Waals surface area contributed by atoms with Crippen molar-refractivity contribution in [2.24, 2.45) is 11.8 Å². The van der Waals surface area contributed by atoms with Crippen molar-refractivity contribution in [3.8, 4) is 0 Å². The highest BCUT2D eigenvalue weighted by Crippen LogP contribution is 2.33. The monoisotopic (exact) mass is 321 g/mol. The first kappa shape index (κ1) is 13.3. The summed E-state index contributed by atoms with van der Waals surface area (Å²) in [6, 6.07) is 7.98. The molecule has 0 spiro atoms. The number of allylic oxidation sites excluding steroid dienone is 2. The summed E-state index contributed by atoms with van der Waals surface area (Å²) in [6.45, 7) is 3.03. The summed E-state index contributed by atoms with van der Waals surface area (Å²) in [5.74, 6) is 1.61. The van der Waals surface area contributed by atoms with Crippen LogP contribution in [-0.2, 0) is 0 Å². The number of rotatable bonds is 3. The van der Waals surface area contributed by atoms with Crippen LogP contribution < -0.4 is 0 Å². The average molecular weight is 322 g/mol. The molecular formula is C16H20BrNO. The van der Waals surface area contributed by atoms with Crippen molar-refractivity contribution >= 4 is 15.9 Å². The third-order valence-electron chi connectivity index (χ3n) is 4.36. The summed E-state index contributed by atoms with van der Waals surface area (Å²) in [4.78, 5) is 2.42. The maximum absolute atomic E-state index is 10.4. The van der Waals surface area contributed by atoms with Crippen molar-refractivity contribution < 1.29 is 5.11 Å². The predicted octanol–water partition coefficient (Wildman–Crippen LogP) is 3.38. The van der Waals surface area contributed by atoms with E-state index in [1.807, 2.05) is 24.3 Å². The fraction of sp³-hybridized carbons (Fsp3) is 0.500. The summed E-state index contributed by atoms with van der Waals surface area (Å²) in [5.41, 5.74) is 1.00. The first-order chi connectivity index (χ1) is 9.22. The summed E-state index contributed by atoms with van der Waals surface area (Å²) in [7, 11) is 0. The number of hydrogen-bond donors (Lipinski definition) is 1. The molecule has 102 valence electrons. The number of aliphatic hydroxyl groups is 1. The van der Waals surface area contributed by atoms with Gasteiger partial charge in [0.15, 0.2) is 0 Å². The normalized spacial score (nSPS) is 28.3. The molecule has 1 N–H and O–H groups in total. The van der Waals surface area contributed by atoms with E-state index in [2.05, 4.69) is 33.0 Å². The van der Waals surface area contributed by atoms with Crippen LogP contribution in [0.5, 0.6) is 0 Å². The van der Waals surface area contributed by atoms with Gasteiger partial charge in [0, 0.05) is 24.1 Å². The summed E-state index contributed by atoms with van der Waals surface area (Å²) in [6.07, 6.45) is 6.68. The summed E-state index contributed by atoms with van der Waals surface area (Å²) >= 11 is 3.46. The van der Waals surface area contributed by atoms with E-state index in [0.717, 1.165) is 41.5 Å². The minimum Gasteiger partial charge on any atom is -0.387 e. The number of fused-ring (bicyclic) bond motifs is 1. The Morgan fingerprint density at radius 1 is 1.21 bits per heavy atom. The Labute approximate surface area is 123 Å². The highest BCUT2D eigenvalue weighted by molar-refractivity contribution is 9.10. The topological polar surface area (TPSA) is 23.5 Å². The third kappa shape index (κ3) is 3.10. The highest BCUT2D eigenvalue weighted by Gasteiger charge is 2.33. The molecule has 0 saturated carbocycles. The molecule has 3 rings (SSSR count). The standard InChI is InChI=1S/C16H20BrNO/c17-15-7-3-6-12(8-15)16(19)11-18-9-13-4-1-2-5-14(13)10-18/h1-3,6-8,13-14,16,19H,4-5,9-11H2/t13-,14-,16+/m0/s1. The second-order valence-electron chi connectivity index (χ2n) is 5.75. The molecule has 0 bridgehead atoms. The van der Waals surface area contributed by atoms with E-state index >= 15 is 0 Å². The lowest BCUT2D eigenvalue weighted by molar-refractivity contribution is 0.123. The smallest absolute Gasteiger partial charge is 0.0917 e. The van der Waals surface area contributed by atoms with Gasteiger partial charge < -0.3 is 5.11 Å². The molecular weight excluding hydrogens is 302 g/mol. The molecule has 0 unspecified atom stereocenters. The Morgan fingerprint density at radius 3 is 2.53 bits per heavy atom. The van der Waals surface area contributed by atoms with Crippen molar-refractivity contribution in [2.75, 3.05) is 19.6 Å². The van der Waals surface area contributed by atoms with Crippen LogP contribution >= 0.6 is 15.9 Å². The predicted molar refractivity (Wildman–Crippen MR) is 80.9 cm³/mol. The van der Waals surface area contributed by atoms with E-state index in [4.69, 9.17) is 0 Å². The van der Waals surface area contributed by atoms with Crippen LogP contribution in [0.15, 0.2) is 40.9 Å². The maximum Gasteiger partial charge on any atom is 0.0917 e. The van der Waals surface area contributed by atoms with Gasteiger partial charge in [0.2, 0.25) is 0 Å². The lowest BCUT2D eigenvalue weighted by Crippen LogP contribution is -2.26. The molecule has 2 nitrogen and oxygen atoms in total. The molecule has 19 heavy (non-hydrogen) atoms. The van der Waals surface area contributed by atoms with E-state index in [-0.39, 0.29) is 6.10 Å². The van der Waals surface area contributed by atoms with Crippen LogP contribution in [0.4, 0.5) is 0 Å². The van der Waals surface area contributed by atoms with E-state index in [0.29, 0.717) is 0 Å². The van der Waals surface area contributed by atoms with Crippen molar-refractivity contribution in [3.63, 3.8) is 0 Å². The minimum absolute atomic E-state index is 0.384. The van der Waals surface area contributed by atoms with Crippen LogP contribution in [0.25, 0.3) is 0 Å². The Hall–Kier alpha value is -0.640. The van der Waals surface area contributed by atoms with E-state index in [9.17, 15) is 5.11 Å². The van der Waals surface area contributed by atoms with Gasteiger partial charge in [0.25, 0.3) is 0 Å². The first-order valence-electron chi connectivity index (χ1n) is 7.03. The van der Waals surface area contributed by atoms with Crippen LogP contribution in [-0.4, -0.2) is 29.6 Å². The molecule has 3 atom stereocenters. The fourth-order valence-electron chi connectivity index (χ4n) is 3.32. The number of hydrogen-bond acceptors (Lipinski definition) is 2. The van der Waals surface area contributed by atoms with Gasteiger partial charge in [0.05, 0.1) is 6.10 Å². The SMILES string of the molecule is O[C@H](CN1C[C@@H]2CC=CC[C@H]2C1)c1cccc(Br)c1. The molecule has 1 aliphatic heterocycles. The van der Waals surface area contributed by atoms with Crippen LogP contribution in [0, 0.1) is 11.8 Å². The maximum atomic E-state index is 10.4. The van der Waals surface area contributed by atoms with Gasteiger partial charge in [0.1, 0.15) is 0 Å². The average Bonchev–Trinajstić information content (AvgIpc) is 2.80. The van der Waals surface area contributed by atoms with Crippen molar-refractivity contribution in [1.82, 2.24) is 4.90 Å². The molecule has 2 aliphatic rings. The number of likely N-dealkylation sites (tertiary alicyclic amines) is 1. The van der Waals surface area contributed by atoms with E-state index in [1.165, 1.54) is 12.8 Å². The number of nitrogens with zero attached hydrogens (tertiary/aromatic N) is 1. The van der Waals surface area contributed by atoms with Crippen molar-refractivity contribution in [1.29, 1.82) is 0 Å². The van der Waals surface area contributed by atoms with Crippen LogP contribution in [0.3, 0.4) is 0 Å². The Morgan fingerprint density at radius 2 is 1.89 bits per heavy atom. The lowest BCUT2D eigenvalue weighted by atomic mass is 9.86. The Bertz CT molecular complexity index is 458. The van der Waals surface area contributed by atoms with Gasteiger partial charge in [-0.1, -0.05) is 40.2 Å². The van der Waals surface area contributed by atoms with Gasteiger partial charge in [-0.25, -0.2) is 0 Å². The van der Waals surface area contributed by atoms with Gasteiger partial charge in [-0.15, -0.1) is 0 Å². The van der Waals surface area contributed by atoms with Gasteiger partial charge in [-0.3, -0.25) is 4.90 Å². The van der Waals surface area contributed by atoms with E-state index < -0.39 is 0 Å². The van der Waals surface area contributed by atoms with Crippen LogP contribution in [0.2, 0.25) is 0 Å². The fourth-order valence-corrected chi connectivity index (χ4v) is 3.74. The number of halogens is 1. The lowest BCUT2D eigenvalue weighted by Gasteiger charge is -2.20. The Balaban J connectivity index is 1.60. The van der Waals surface area contributed by atoms with Crippen LogP contribution in [0.1, 0.15) is 24.5 Å². The Kier molecular flexibility index (Phi) is 4.06.